The van der Waals surface area contributed by atoms with Gasteiger partial charge in [0.1, 0.15) is 0 Å². The van der Waals surface area contributed by atoms with Gasteiger partial charge in [-0.15, -0.1) is 0 Å². The molecule has 0 atom stereocenters. The van der Waals surface area contributed by atoms with Crippen LogP contribution in [-0.4, -0.2) is 16.1 Å². The first kappa shape index (κ1) is 11.9. The number of hydrogen-bond donors (Lipinski definition) is 1. The van der Waals surface area contributed by atoms with Crippen LogP contribution in [0.15, 0.2) is 43.0 Å². The molecule has 0 radical (unpaired) electrons. The number of rotatable bonds is 6. The summed E-state index contributed by atoms with van der Waals surface area (Å²) in [6.07, 6.45) is 6.74. The average Bonchev–Trinajstić information content (AvgIpc) is 2.88. The van der Waals surface area contributed by atoms with Crippen LogP contribution in [0.3, 0.4) is 0 Å². The molecule has 0 saturated heterocycles. The molecule has 17 heavy (non-hydrogen) atoms. The van der Waals surface area contributed by atoms with Crippen molar-refractivity contribution in [3.05, 3.63) is 54.1 Å². The lowest BCUT2D eigenvalue weighted by Crippen LogP contribution is -2.18. The van der Waals surface area contributed by atoms with Gasteiger partial charge in [-0.2, -0.15) is 0 Å². The van der Waals surface area contributed by atoms with Gasteiger partial charge >= 0.3 is 0 Å². The second-order valence-electron chi connectivity index (χ2n) is 4.15. The smallest absolute Gasteiger partial charge is 0.0946 e. The molecule has 0 saturated carbocycles. The molecule has 0 aliphatic carbocycles. The Morgan fingerprint density at radius 1 is 1.18 bits per heavy atom. The van der Waals surface area contributed by atoms with Crippen molar-refractivity contribution in [2.75, 3.05) is 6.54 Å². The summed E-state index contributed by atoms with van der Waals surface area (Å²) in [5.74, 6) is 0. The van der Waals surface area contributed by atoms with E-state index in [1.165, 1.54) is 11.1 Å². The number of nitrogens with zero attached hydrogens (tertiary/aromatic N) is 2. The lowest BCUT2D eigenvalue weighted by atomic mass is 10.1. The maximum absolute atomic E-state index is 4.01. The van der Waals surface area contributed by atoms with Crippen LogP contribution in [0.1, 0.15) is 18.1 Å². The number of aryl methyl sites for hydroxylation is 1. The number of nitrogens with one attached hydrogen (secondary N) is 1. The Bertz CT molecular complexity index is 417. The van der Waals surface area contributed by atoms with E-state index in [0.29, 0.717) is 0 Å². The Hall–Kier alpha value is -1.61. The minimum absolute atomic E-state index is 0.929. The third kappa shape index (κ3) is 3.71. The number of hydrogen-bond acceptors (Lipinski definition) is 2. The van der Waals surface area contributed by atoms with E-state index in [9.17, 15) is 0 Å². The second-order valence-corrected chi connectivity index (χ2v) is 4.15. The van der Waals surface area contributed by atoms with Gasteiger partial charge in [-0.1, -0.05) is 31.2 Å². The van der Waals surface area contributed by atoms with E-state index in [-0.39, 0.29) is 0 Å². The molecule has 0 unspecified atom stereocenters. The molecule has 0 spiro atoms. The van der Waals surface area contributed by atoms with Gasteiger partial charge in [-0.05, 0) is 17.5 Å². The highest BCUT2D eigenvalue weighted by atomic mass is 15.0. The molecule has 0 bridgehead atoms. The second kappa shape index (κ2) is 6.21. The fraction of sp³-hybridized carbons (Fsp3) is 0.357. The first-order valence-corrected chi connectivity index (χ1v) is 6.13. The van der Waals surface area contributed by atoms with Crippen molar-refractivity contribution in [3.63, 3.8) is 0 Å². The molecular weight excluding hydrogens is 210 g/mol. The Morgan fingerprint density at radius 3 is 2.59 bits per heavy atom. The zero-order chi connectivity index (χ0) is 11.9. The molecular formula is C14H19N3. The van der Waals surface area contributed by atoms with Crippen LogP contribution >= 0.6 is 0 Å². The van der Waals surface area contributed by atoms with Gasteiger partial charge in [0.2, 0.25) is 0 Å². The molecule has 2 aromatic rings. The lowest BCUT2D eigenvalue weighted by Gasteiger charge is -2.06. The van der Waals surface area contributed by atoms with Gasteiger partial charge < -0.3 is 9.88 Å². The van der Waals surface area contributed by atoms with Gasteiger partial charge in [0.05, 0.1) is 6.33 Å². The highest BCUT2D eigenvalue weighted by Crippen LogP contribution is 2.04. The third-order valence-electron chi connectivity index (χ3n) is 2.87. The summed E-state index contributed by atoms with van der Waals surface area (Å²) < 4.78 is 2.08. The van der Waals surface area contributed by atoms with Crippen LogP contribution in [0.4, 0.5) is 0 Å². The summed E-state index contributed by atoms with van der Waals surface area (Å²) in [7, 11) is 0. The molecule has 90 valence electrons. The first-order chi connectivity index (χ1) is 8.38. The van der Waals surface area contributed by atoms with E-state index in [4.69, 9.17) is 0 Å². The van der Waals surface area contributed by atoms with Gasteiger partial charge in [-0.25, -0.2) is 4.98 Å². The maximum Gasteiger partial charge on any atom is 0.0946 e. The molecule has 3 heteroatoms. The standard InChI is InChI=1S/C14H19N3/c1-2-13-3-5-14(6-4-13)11-15-7-9-17-10-8-16-12-17/h3-6,8,10,12,15H,2,7,9,11H2,1H3. The maximum atomic E-state index is 4.01. The van der Waals surface area contributed by atoms with Crippen LogP contribution in [-0.2, 0) is 19.5 Å². The summed E-state index contributed by atoms with van der Waals surface area (Å²) >= 11 is 0. The van der Waals surface area contributed by atoms with Crippen molar-refractivity contribution in [2.45, 2.75) is 26.4 Å². The van der Waals surface area contributed by atoms with E-state index >= 15 is 0 Å². The summed E-state index contributed by atoms with van der Waals surface area (Å²) in [6, 6.07) is 8.80. The third-order valence-corrected chi connectivity index (χ3v) is 2.87. The van der Waals surface area contributed by atoms with Crippen molar-refractivity contribution in [3.8, 4) is 0 Å². The van der Waals surface area contributed by atoms with E-state index in [1.54, 1.807) is 0 Å². The fourth-order valence-electron chi connectivity index (χ4n) is 1.75. The molecule has 3 nitrogen and oxygen atoms in total. The van der Waals surface area contributed by atoms with E-state index in [2.05, 4.69) is 46.1 Å². The Balaban J connectivity index is 1.70. The molecule has 0 aliphatic rings. The highest BCUT2D eigenvalue weighted by molar-refractivity contribution is 5.22. The lowest BCUT2D eigenvalue weighted by molar-refractivity contribution is 0.597. The predicted octanol–water partition coefficient (Wildman–Crippen LogP) is 2.24. The SMILES string of the molecule is CCc1ccc(CNCCn2ccnc2)cc1. The minimum atomic E-state index is 0.929. The predicted molar refractivity (Wildman–Crippen MR) is 69.8 cm³/mol. The van der Waals surface area contributed by atoms with Crippen molar-refractivity contribution >= 4 is 0 Å². The van der Waals surface area contributed by atoms with Crippen molar-refractivity contribution in [1.82, 2.24) is 14.9 Å². The van der Waals surface area contributed by atoms with Crippen molar-refractivity contribution in [1.29, 1.82) is 0 Å². The number of aromatic nitrogens is 2. The zero-order valence-corrected chi connectivity index (χ0v) is 10.3. The van der Waals surface area contributed by atoms with Crippen molar-refractivity contribution in [2.24, 2.45) is 0 Å². The summed E-state index contributed by atoms with van der Waals surface area (Å²) in [4.78, 5) is 4.01. The molecule has 1 aromatic heterocycles. The molecule has 1 N–H and O–H groups in total. The quantitative estimate of drug-likeness (QED) is 0.770. The van der Waals surface area contributed by atoms with Crippen molar-refractivity contribution < 1.29 is 0 Å². The summed E-state index contributed by atoms with van der Waals surface area (Å²) in [5.41, 5.74) is 2.74. The molecule has 0 fully saturated rings. The molecule has 1 heterocycles. The van der Waals surface area contributed by atoms with E-state index in [0.717, 1.165) is 26.1 Å². The van der Waals surface area contributed by atoms with Crippen LogP contribution in [0.25, 0.3) is 0 Å². The normalized spacial score (nSPS) is 10.6. The molecule has 2 rings (SSSR count). The Labute approximate surface area is 103 Å². The topological polar surface area (TPSA) is 29.9 Å². The zero-order valence-electron chi connectivity index (χ0n) is 10.3. The average molecular weight is 229 g/mol. The van der Waals surface area contributed by atoms with E-state index < -0.39 is 0 Å². The van der Waals surface area contributed by atoms with Gasteiger partial charge in [-0.3, -0.25) is 0 Å². The van der Waals surface area contributed by atoms with Crippen LogP contribution in [0, 0.1) is 0 Å². The number of benzene rings is 1. The van der Waals surface area contributed by atoms with Crippen LogP contribution < -0.4 is 5.32 Å². The largest absolute Gasteiger partial charge is 0.336 e. The van der Waals surface area contributed by atoms with Gasteiger partial charge in [0.25, 0.3) is 0 Å². The molecule has 0 aliphatic heterocycles. The molecule has 0 amide bonds. The highest BCUT2D eigenvalue weighted by Gasteiger charge is 1.94. The van der Waals surface area contributed by atoms with Gasteiger partial charge in [0.15, 0.2) is 0 Å². The van der Waals surface area contributed by atoms with Crippen LogP contribution in [0.2, 0.25) is 0 Å². The first-order valence-electron chi connectivity index (χ1n) is 6.13. The van der Waals surface area contributed by atoms with E-state index in [1.807, 2.05) is 18.7 Å². The Kier molecular flexibility index (Phi) is 4.33. The molecule has 1 aromatic carbocycles. The fourth-order valence-corrected chi connectivity index (χ4v) is 1.75. The van der Waals surface area contributed by atoms with Gasteiger partial charge in [0, 0.05) is 32.0 Å². The Morgan fingerprint density at radius 2 is 1.94 bits per heavy atom. The summed E-state index contributed by atoms with van der Waals surface area (Å²) in [6.45, 7) is 5.04. The minimum Gasteiger partial charge on any atom is -0.336 e. The van der Waals surface area contributed by atoms with Crippen LogP contribution in [0.5, 0.6) is 0 Å². The monoisotopic (exact) mass is 229 g/mol. The number of imidazole rings is 1. The summed E-state index contributed by atoms with van der Waals surface area (Å²) in [5, 5.41) is 3.43.